The van der Waals surface area contributed by atoms with Gasteiger partial charge in [-0.05, 0) is 6.42 Å². The zero-order valence-electron chi connectivity index (χ0n) is 10.3. The van der Waals surface area contributed by atoms with Crippen molar-refractivity contribution >= 4 is 5.91 Å². The molecule has 0 saturated carbocycles. The van der Waals surface area contributed by atoms with Crippen LogP contribution in [0, 0.1) is 0 Å². The van der Waals surface area contributed by atoms with E-state index >= 15 is 0 Å². The number of β-amino-alcohol motifs (C(OH)–C–C–N with tert-alkyl or cyclic N) is 1. The maximum absolute atomic E-state index is 12.1. The third-order valence-corrected chi connectivity index (χ3v) is 3.24. The minimum absolute atomic E-state index is 0.216. The lowest BCUT2D eigenvalue weighted by molar-refractivity contribution is 0.0724. The van der Waals surface area contributed by atoms with E-state index in [9.17, 15) is 9.90 Å². The van der Waals surface area contributed by atoms with Gasteiger partial charge in [-0.3, -0.25) is 4.79 Å². The van der Waals surface area contributed by atoms with Gasteiger partial charge >= 0.3 is 0 Å². The predicted octanol–water partition coefficient (Wildman–Crippen LogP) is 1.55. The zero-order chi connectivity index (χ0) is 13.2. The van der Waals surface area contributed by atoms with Gasteiger partial charge in [-0.2, -0.15) is 0 Å². The molecule has 0 aliphatic carbocycles. The van der Waals surface area contributed by atoms with Gasteiger partial charge in [0.05, 0.1) is 6.10 Å². The Morgan fingerprint density at radius 3 is 2.84 bits per heavy atom. The molecular formula is C14H14N2O3. The summed E-state index contributed by atoms with van der Waals surface area (Å²) in [6, 6.07) is 11.2. The van der Waals surface area contributed by atoms with E-state index in [-0.39, 0.29) is 11.7 Å². The van der Waals surface area contributed by atoms with Crippen molar-refractivity contribution in [2.45, 2.75) is 12.5 Å². The number of rotatable bonds is 2. The Morgan fingerprint density at radius 1 is 1.37 bits per heavy atom. The number of amides is 1. The molecule has 1 aromatic carbocycles. The molecule has 1 N–H and O–H groups in total. The normalized spacial score (nSPS) is 18.8. The molecule has 1 saturated heterocycles. The predicted molar refractivity (Wildman–Crippen MR) is 68.5 cm³/mol. The maximum atomic E-state index is 12.1. The minimum Gasteiger partial charge on any atom is -0.391 e. The van der Waals surface area contributed by atoms with Crippen molar-refractivity contribution in [1.82, 2.24) is 10.1 Å². The average molecular weight is 258 g/mol. The van der Waals surface area contributed by atoms with Gasteiger partial charge in [0, 0.05) is 24.7 Å². The summed E-state index contributed by atoms with van der Waals surface area (Å²) in [5, 5.41) is 13.4. The largest absolute Gasteiger partial charge is 0.391 e. The number of likely N-dealkylation sites (tertiary alicyclic amines) is 1. The number of hydrogen-bond acceptors (Lipinski definition) is 4. The monoisotopic (exact) mass is 258 g/mol. The van der Waals surface area contributed by atoms with Gasteiger partial charge in [0.2, 0.25) is 5.76 Å². The van der Waals surface area contributed by atoms with E-state index in [1.807, 2.05) is 30.3 Å². The SMILES string of the molecule is O=C(c1cc(-c2ccccc2)no1)N1CCC(O)C1. The third kappa shape index (κ3) is 2.37. The molecule has 1 aromatic heterocycles. The van der Waals surface area contributed by atoms with Crippen LogP contribution in [0.4, 0.5) is 0 Å². The maximum Gasteiger partial charge on any atom is 0.292 e. The number of carbonyl (C=O) groups excluding carboxylic acids is 1. The molecule has 1 amide bonds. The van der Waals surface area contributed by atoms with Crippen molar-refractivity contribution in [3.05, 3.63) is 42.2 Å². The molecule has 2 heterocycles. The number of aliphatic hydroxyl groups excluding tert-OH is 1. The van der Waals surface area contributed by atoms with E-state index in [4.69, 9.17) is 4.52 Å². The molecule has 0 radical (unpaired) electrons. The highest BCUT2D eigenvalue weighted by molar-refractivity contribution is 5.92. The van der Waals surface area contributed by atoms with Crippen molar-refractivity contribution in [2.24, 2.45) is 0 Å². The third-order valence-electron chi connectivity index (χ3n) is 3.24. The van der Waals surface area contributed by atoms with E-state index in [2.05, 4.69) is 5.16 Å². The topological polar surface area (TPSA) is 66.6 Å². The molecule has 98 valence electrons. The Morgan fingerprint density at radius 2 is 2.16 bits per heavy atom. The molecule has 1 aliphatic rings. The molecule has 2 aromatic rings. The van der Waals surface area contributed by atoms with E-state index in [0.717, 1.165) is 5.56 Å². The summed E-state index contributed by atoms with van der Waals surface area (Å²) >= 11 is 0. The lowest BCUT2D eigenvalue weighted by Crippen LogP contribution is -2.29. The first-order chi connectivity index (χ1) is 9.24. The average Bonchev–Trinajstić information content (AvgIpc) is 3.08. The van der Waals surface area contributed by atoms with E-state index in [1.54, 1.807) is 11.0 Å². The minimum atomic E-state index is -0.430. The van der Waals surface area contributed by atoms with Gasteiger partial charge in [-0.25, -0.2) is 0 Å². The number of nitrogens with zero attached hydrogens (tertiary/aromatic N) is 2. The van der Waals surface area contributed by atoms with E-state index in [0.29, 0.717) is 25.2 Å². The van der Waals surface area contributed by atoms with Gasteiger partial charge in [0.1, 0.15) is 5.69 Å². The fourth-order valence-corrected chi connectivity index (χ4v) is 2.20. The highest BCUT2D eigenvalue weighted by Crippen LogP contribution is 2.20. The Labute approximate surface area is 110 Å². The second-order valence-corrected chi connectivity index (χ2v) is 4.64. The van der Waals surface area contributed by atoms with Gasteiger partial charge in [-0.1, -0.05) is 35.5 Å². The Balaban J connectivity index is 1.80. The molecule has 0 spiro atoms. The Hall–Kier alpha value is -2.14. The van der Waals surface area contributed by atoms with Crippen LogP contribution in [0.3, 0.4) is 0 Å². The summed E-state index contributed by atoms with van der Waals surface area (Å²) < 4.78 is 5.11. The zero-order valence-corrected chi connectivity index (χ0v) is 10.3. The number of benzene rings is 1. The number of hydrogen-bond donors (Lipinski definition) is 1. The summed E-state index contributed by atoms with van der Waals surface area (Å²) in [5.41, 5.74) is 1.55. The first kappa shape index (κ1) is 11.9. The summed E-state index contributed by atoms with van der Waals surface area (Å²) in [4.78, 5) is 13.7. The second-order valence-electron chi connectivity index (χ2n) is 4.64. The van der Waals surface area contributed by atoms with Crippen LogP contribution in [0.1, 0.15) is 17.0 Å². The van der Waals surface area contributed by atoms with Gasteiger partial charge in [-0.15, -0.1) is 0 Å². The van der Waals surface area contributed by atoms with Crippen LogP contribution in [0.15, 0.2) is 40.9 Å². The number of aliphatic hydroxyl groups is 1. The lowest BCUT2D eigenvalue weighted by Gasteiger charge is -2.12. The quantitative estimate of drug-likeness (QED) is 0.887. The number of aromatic nitrogens is 1. The fourth-order valence-electron chi connectivity index (χ4n) is 2.20. The van der Waals surface area contributed by atoms with Crippen LogP contribution < -0.4 is 0 Å². The van der Waals surface area contributed by atoms with Crippen LogP contribution in [0.25, 0.3) is 11.3 Å². The first-order valence-electron chi connectivity index (χ1n) is 6.23. The molecule has 5 heteroatoms. The molecular weight excluding hydrogens is 244 g/mol. The van der Waals surface area contributed by atoms with Crippen molar-refractivity contribution in [1.29, 1.82) is 0 Å². The van der Waals surface area contributed by atoms with Crippen LogP contribution in [0.2, 0.25) is 0 Å². The highest BCUT2D eigenvalue weighted by Gasteiger charge is 2.27. The molecule has 1 fully saturated rings. The van der Waals surface area contributed by atoms with Gasteiger partial charge in [0.25, 0.3) is 5.91 Å². The van der Waals surface area contributed by atoms with Crippen LogP contribution in [-0.4, -0.2) is 40.3 Å². The molecule has 1 atom stereocenters. The second kappa shape index (κ2) is 4.85. The molecule has 1 aliphatic heterocycles. The van der Waals surface area contributed by atoms with Crippen LogP contribution in [-0.2, 0) is 0 Å². The van der Waals surface area contributed by atoms with Crippen molar-refractivity contribution in [2.75, 3.05) is 13.1 Å². The summed E-state index contributed by atoms with van der Waals surface area (Å²) in [6.45, 7) is 0.918. The standard InChI is InChI=1S/C14H14N2O3/c17-11-6-7-16(9-11)14(18)13-8-12(15-19-13)10-4-2-1-3-5-10/h1-5,8,11,17H,6-7,9H2. The van der Waals surface area contributed by atoms with Crippen LogP contribution in [0.5, 0.6) is 0 Å². The molecule has 5 nitrogen and oxygen atoms in total. The smallest absolute Gasteiger partial charge is 0.292 e. The van der Waals surface area contributed by atoms with E-state index < -0.39 is 6.10 Å². The van der Waals surface area contributed by atoms with Crippen LogP contribution >= 0.6 is 0 Å². The number of carbonyl (C=O) groups is 1. The Bertz CT molecular complexity index is 579. The first-order valence-corrected chi connectivity index (χ1v) is 6.23. The molecule has 0 bridgehead atoms. The Kier molecular flexibility index (Phi) is 3.05. The summed E-state index contributed by atoms with van der Waals surface area (Å²) in [6.07, 6.45) is 0.186. The van der Waals surface area contributed by atoms with Gasteiger partial charge in [0.15, 0.2) is 0 Å². The molecule has 19 heavy (non-hydrogen) atoms. The van der Waals surface area contributed by atoms with E-state index in [1.165, 1.54) is 0 Å². The van der Waals surface area contributed by atoms with Crippen molar-refractivity contribution in [3.8, 4) is 11.3 Å². The lowest BCUT2D eigenvalue weighted by atomic mass is 10.1. The molecule has 1 unspecified atom stereocenters. The van der Waals surface area contributed by atoms with Crippen molar-refractivity contribution < 1.29 is 14.4 Å². The summed E-state index contributed by atoms with van der Waals surface area (Å²) in [7, 11) is 0. The summed E-state index contributed by atoms with van der Waals surface area (Å²) in [5.74, 6) is -0.000755. The highest BCUT2D eigenvalue weighted by atomic mass is 16.5. The fraction of sp³-hybridized carbons (Fsp3) is 0.286. The van der Waals surface area contributed by atoms with Crippen molar-refractivity contribution in [3.63, 3.8) is 0 Å². The van der Waals surface area contributed by atoms with Gasteiger partial charge < -0.3 is 14.5 Å². The molecule has 3 rings (SSSR count).